The number of halogens is 1. The van der Waals surface area contributed by atoms with Crippen molar-refractivity contribution in [2.24, 2.45) is 10.2 Å². The van der Waals surface area contributed by atoms with Crippen LogP contribution in [0.1, 0.15) is 124 Å². The summed E-state index contributed by atoms with van der Waals surface area (Å²) >= 11 is 6.84. The van der Waals surface area contributed by atoms with E-state index in [1.54, 1.807) is 0 Å². The smallest absolute Gasteiger partial charge is 0.303 e. The first-order chi connectivity index (χ1) is 12.7. The average molecular weight is 403 g/mol. The Morgan fingerprint density at radius 3 is 1.67 bits per heavy atom. The van der Waals surface area contributed by atoms with Crippen LogP contribution in [0.2, 0.25) is 0 Å². The van der Waals surface area contributed by atoms with Crippen LogP contribution in [-0.4, -0.2) is 21.6 Å². The van der Waals surface area contributed by atoms with Crippen molar-refractivity contribution in [3.05, 3.63) is 0 Å². The van der Waals surface area contributed by atoms with E-state index < -0.39 is 11.0 Å². The number of azo groups is 1. The van der Waals surface area contributed by atoms with Crippen molar-refractivity contribution in [3.8, 4) is 0 Å². The predicted octanol–water partition coefficient (Wildman–Crippen LogP) is 8.13. The van der Waals surface area contributed by atoms with Crippen molar-refractivity contribution in [2.75, 3.05) is 0 Å². The lowest BCUT2D eigenvalue weighted by atomic mass is 10.00. The lowest BCUT2D eigenvalue weighted by molar-refractivity contribution is -0.137. The van der Waals surface area contributed by atoms with Gasteiger partial charge in [-0.05, 0) is 52.9 Å². The lowest BCUT2D eigenvalue weighted by Crippen LogP contribution is -2.20. The molecular weight excluding hydrogens is 360 g/mol. The zero-order chi connectivity index (χ0) is 20.6. The summed E-state index contributed by atoms with van der Waals surface area (Å²) in [6.07, 6.45) is 15.9. The third-order valence-corrected chi connectivity index (χ3v) is 5.10. The van der Waals surface area contributed by atoms with E-state index in [4.69, 9.17) is 16.7 Å². The number of carboxylic acid groups (broad SMARTS) is 1. The molecule has 0 aromatic carbocycles. The van der Waals surface area contributed by atoms with Crippen molar-refractivity contribution in [1.82, 2.24) is 0 Å². The molecule has 0 saturated carbocycles. The molecule has 0 fully saturated rings. The summed E-state index contributed by atoms with van der Waals surface area (Å²) in [6.45, 7) is 8.39. The predicted molar refractivity (Wildman–Crippen MR) is 116 cm³/mol. The van der Waals surface area contributed by atoms with Crippen molar-refractivity contribution >= 4 is 17.6 Å². The molecule has 4 nitrogen and oxygen atoms in total. The Hall–Kier alpha value is -0.640. The van der Waals surface area contributed by atoms with Gasteiger partial charge in [0.25, 0.3) is 0 Å². The van der Waals surface area contributed by atoms with Crippen LogP contribution in [0.15, 0.2) is 10.2 Å². The van der Waals surface area contributed by atoms with Gasteiger partial charge in [-0.25, -0.2) is 0 Å². The molecule has 0 bridgehead atoms. The topological polar surface area (TPSA) is 62.0 Å². The number of aliphatic carboxylic acids is 1. The van der Waals surface area contributed by atoms with E-state index in [1.165, 1.54) is 44.9 Å². The van der Waals surface area contributed by atoms with Gasteiger partial charge in [0, 0.05) is 6.42 Å². The number of nitrogens with zero attached hydrogens (tertiary/aromatic N) is 2. The van der Waals surface area contributed by atoms with Gasteiger partial charge in [-0.1, -0.05) is 76.3 Å². The van der Waals surface area contributed by atoms with Gasteiger partial charge in [-0.3, -0.25) is 4.79 Å². The molecule has 0 aliphatic heterocycles. The van der Waals surface area contributed by atoms with Gasteiger partial charge in [0.1, 0.15) is 0 Å². The quantitative estimate of drug-likeness (QED) is 0.115. The highest BCUT2D eigenvalue weighted by Crippen LogP contribution is 2.32. The van der Waals surface area contributed by atoms with E-state index in [1.807, 2.05) is 0 Å². The highest BCUT2D eigenvalue weighted by Gasteiger charge is 2.26. The summed E-state index contributed by atoms with van der Waals surface area (Å²) in [5.41, 5.74) is -0.176. The molecule has 1 unspecified atom stereocenters. The van der Waals surface area contributed by atoms with Crippen LogP contribution in [0.25, 0.3) is 0 Å². The minimum absolute atomic E-state index is 0.176. The maximum atomic E-state index is 10.5. The number of unbranched alkanes of at least 4 members (excludes halogenated alkanes) is 10. The molecule has 160 valence electrons. The largest absolute Gasteiger partial charge is 0.481 e. The van der Waals surface area contributed by atoms with Gasteiger partial charge in [-0.2, -0.15) is 10.2 Å². The fourth-order valence-corrected chi connectivity index (χ4v) is 3.33. The van der Waals surface area contributed by atoms with Crippen LogP contribution in [0.3, 0.4) is 0 Å². The summed E-state index contributed by atoms with van der Waals surface area (Å²) in [5, 5.41) is 17.6. The third-order valence-electron chi connectivity index (χ3n) is 4.64. The zero-order valence-corrected chi connectivity index (χ0v) is 19.0. The number of rotatable bonds is 17. The Morgan fingerprint density at radius 2 is 1.22 bits per heavy atom. The summed E-state index contributed by atoms with van der Waals surface area (Å²) in [7, 11) is 0. The van der Waals surface area contributed by atoms with Crippen molar-refractivity contribution in [2.45, 2.75) is 135 Å². The van der Waals surface area contributed by atoms with Crippen LogP contribution in [-0.2, 0) is 4.79 Å². The van der Waals surface area contributed by atoms with E-state index in [2.05, 4.69) is 37.9 Å². The molecule has 0 spiro atoms. The normalized spacial score (nSPS) is 14.6. The summed E-state index contributed by atoms with van der Waals surface area (Å²) in [6, 6.07) is 0. The van der Waals surface area contributed by atoms with Crippen LogP contribution in [0.5, 0.6) is 0 Å². The molecule has 0 aliphatic carbocycles. The Labute approximate surface area is 172 Å². The number of carbonyl (C=O) groups is 1. The molecule has 0 aromatic rings. The molecule has 0 saturated heterocycles. The molecule has 0 aliphatic rings. The SMILES string of the molecule is CCCCCCC(Cl)(CCCCCCCCCCC(=O)O)/N=N/C(C)(C)C. The first-order valence-electron chi connectivity index (χ1n) is 11.0. The molecule has 1 N–H and O–H groups in total. The van der Waals surface area contributed by atoms with E-state index >= 15 is 0 Å². The first-order valence-corrected chi connectivity index (χ1v) is 11.4. The van der Waals surface area contributed by atoms with Crippen molar-refractivity contribution in [3.63, 3.8) is 0 Å². The monoisotopic (exact) mass is 402 g/mol. The maximum absolute atomic E-state index is 10.5. The van der Waals surface area contributed by atoms with Crippen LogP contribution >= 0.6 is 11.6 Å². The van der Waals surface area contributed by atoms with Gasteiger partial charge in [0.05, 0.1) is 5.54 Å². The zero-order valence-electron chi connectivity index (χ0n) is 18.2. The number of carboxylic acids is 1. The molecule has 0 heterocycles. The van der Waals surface area contributed by atoms with Gasteiger partial charge in [0.15, 0.2) is 5.00 Å². The minimum atomic E-state index is -0.683. The molecular formula is C22H43ClN2O2. The highest BCUT2D eigenvalue weighted by molar-refractivity contribution is 6.23. The van der Waals surface area contributed by atoms with Crippen molar-refractivity contribution < 1.29 is 9.90 Å². The summed E-state index contributed by atoms with van der Waals surface area (Å²) in [5.74, 6) is -0.683. The summed E-state index contributed by atoms with van der Waals surface area (Å²) < 4.78 is 0. The van der Waals surface area contributed by atoms with Crippen molar-refractivity contribution in [1.29, 1.82) is 0 Å². The third kappa shape index (κ3) is 18.5. The molecule has 1 atom stereocenters. The first kappa shape index (κ1) is 26.4. The molecule has 0 aromatic heterocycles. The van der Waals surface area contributed by atoms with Gasteiger partial charge >= 0.3 is 5.97 Å². The number of alkyl halides is 1. The average Bonchev–Trinajstić information content (AvgIpc) is 2.58. The second kappa shape index (κ2) is 15.3. The molecule has 5 heteroatoms. The lowest BCUT2D eigenvalue weighted by Gasteiger charge is -2.23. The van der Waals surface area contributed by atoms with Crippen LogP contribution < -0.4 is 0 Å². The molecule has 0 radical (unpaired) electrons. The van der Waals surface area contributed by atoms with E-state index in [-0.39, 0.29) is 5.54 Å². The van der Waals surface area contributed by atoms with Crippen LogP contribution in [0.4, 0.5) is 0 Å². The maximum Gasteiger partial charge on any atom is 0.303 e. The Morgan fingerprint density at radius 1 is 0.778 bits per heavy atom. The molecule has 0 amide bonds. The Kier molecular flexibility index (Phi) is 14.9. The fraction of sp³-hybridized carbons (Fsp3) is 0.955. The number of hydrogen-bond donors (Lipinski definition) is 1. The standard InChI is InChI=1S/C22H43ClN2O2/c1-5-6-7-15-18-22(23,25-24-21(2,3)4)19-16-13-11-9-8-10-12-14-17-20(26)27/h5-19H2,1-4H3,(H,26,27)/b25-24+. The van der Waals surface area contributed by atoms with Crippen LogP contribution in [0, 0.1) is 0 Å². The Balaban J connectivity index is 4.03. The molecule has 27 heavy (non-hydrogen) atoms. The highest BCUT2D eigenvalue weighted by atomic mass is 35.5. The fourth-order valence-electron chi connectivity index (χ4n) is 3.02. The second-order valence-corrected chi connectivity index (χ2v) is 9.53. The minimum Gasteiger partial charge on any atom is -0.481 e. The van der Waals surface area contributed by atoms with Gasteiger partial charge in [0.2, 0.25) is 0 Å². The second-order valence-electron chi connectivity index (χ2n) is 8.82. The van der Waals surface area contributed by atoms with Gasteiger partial charge < -0.3 is 5.11 Å². The number of hydrogen-bond acceptors (Lipinski definition) is 3. The Bertz CT molecular complexity index is 408. The van der Waals surface area contributed by atoms with E-state index in [9.17, 15) is 4.79 Å². The summed E-state index contributed by atoms with van der Waals surface area (Å²) in [4.78, 5) is 9.93. The van der Waals surface area contributed by atoms with Gasteiger partial charge in [-0.15, -0.1) is 0 Å². The van der Waals surface area contributed by atoms with E-state index in [0.29, 0.717) is 6.42 Å². The molecule has 0 rings (SSSR count). The van der Waals surface area contributed by atoms with E-state index in [0.717, 1.165) is 44.9 Å².